The minimum Gasteiger partial charge on any atom is -0.365 e. The minimum atomic E-state index is 0.112. The zero-order chi connectivity index (χ0) is 14.1. The highest BCUT2D eigenvalue weighted by Gasteiger charge is 2.20. The van der Waals surface area contributed by atoms with Gasteiger partial charge in [0.05, 0.1) is 6.54 Å². The number of carbonyl (C=O) groups excluding carboxylic acids is 1. The summed E-state index contributed by atoms with van der Waals surface area (Å²) < 4.78 is 4.75. The van der Waals surface area contributed by atoms with Crippen LogP contribution in [-0.4, -0.2) is 22.6 Å². The number of aromatic nitrogens is 2. The van der Waals surface area contributed by atoms with E-state index in [0.29, 0.717) is 6.54 Å². The number of rotatable bonds is 3. The summed E-state index contributed by atoms with van der Waals surface area (Å²) in [4.78, 5) is 13.7. The summed E-state index contributed by atoms with van der Waals surface area (Å²) in [5.74, 6) is 0.112. The Kier molecular flexibility index (Phi) is 3.26. The largest absolute Gasteiger partial charge is 0.365 e. The molecule has 5 nitrogen and oxygen atoms in total. The number of aryl methyl sites for hydroxylation is 2. The number of nitrogens with zero attached hydrogens (tertiary/aromatic N) is 3. The maximum absolute atomic E-state index is 11.5. The van der Waals surface area contributed by atoms with E-state index >= 15 is 0 Å². The molecule has 1 aliphatic heterocycles. The van der Waals surface area contributed by atoms with Crippen LogP contribution in [-0.2, 0) is 13.0 Å². The summed E-state index contributed by atoms with van der Waals surface area (Å²) in [5.41, 5.74) is 4.90. The molecule has 2 heterocycles. The molecule has 0 radical (unpaired) electrons. The molecule has 0 fully saturated rings. The molecule has 0 unspecified atom stereocenters. The number of fused-ring (bicyclic) bond motifs is 1. The van der Waals surface area contributed by atoms with Crippen LogP contribution in [0.1, 0.15) is 40.7 Å². The van der Waals surface area contributed by atoms with Crippen molar-refractivity contribution in [3.05, 3.63) is 40.7 Å². The SMILES string of the molecule is CC(=O)c1ccc2c(c1)CCCN2Cc1nonc1C. The van der Waals surface area contributed by atoms with Crippen LogP contribution in [0.4, 0.5) is 5.69 Å². The van der Waals surface area contributed by atoms with E-state index in [1.807, 2.05) is 25.1 Å². The lowest BCUT2D eigenvalue weighted by Gasteiger charge is -2.31. The monoisotopic (exact) mass is 271 g/mol. The van der Waals surface area contributed by atoms with Crippen molar-refractivity contribution in [1.82, 2.24) is 10.3 Å². The lowest BCUT2D eigenvalue weighted by molar-refractivity contribution is 0.101. The van der Waals surface area contributed by atoms with Crippen LogP contribution in [0.15, 0.2) is 22.8 Å². The Morgan fingerprint density at radius 3 is 2.95 bits per heavy atom. The van der Waals surface area contributed by atoms with Crippen LogP contribution in [0, 0.1) is 6.92 Å². The summed E-state index contributed by atoms with van der Waals surface area (Å²) in [7, 11) is 0. The molecule has 5 heteroatoms. The highest BCUT2D eigenvalue weighted by Crippen LogP contribution is 2.29. The Balaban J connectivity index is 1.90. The second-order valence-electron chi connectivity index (χ2n) is 5.22. The Morgan fingerprint density at radius 2 is 2.25 bits per heavy atom. The number of carbonyl (C=O) groups is 1. The normalized spacial score (nSPS) is 14.2. The van der Waals surface area contributed by atoms with Crippen molar-refractivity contribution in [3.63, 3.8) is 0 Å². The molecule has 1 aromatic heterocycles. The Labute approximate surface area is 117 Å². The quantitative estimate of drug-likeness (QED) is 0.803. The molecule has 104 valence electrons. The molecule has 0 amide bonds. The summed E-state index contributed by atoms with van der Waals surface area (Å²) in [6.07, 6.45) is 2.10. The van der Waals surface area contributed by atoms with Crippen molar-refractivity contribution < 1.29 is 9.42 Å². The van der Waals surface area contributed by atoms with E-state index in [0.717, 1.165) is 36.3 Å². The molecule has 1 aromatic carbocycles. The van der Waals surface area contributed by atoms with Crippen LogP contribution >= 0.6 is 0 Å². The Morgan fingerprint density at radius 1 is 1.40 bits per heavy atom. The van der Waals surface area contributed by atoms with Gasteiger partial charge in [0.15, 0.2) is 5.78 Å². The molecule has 0 atom stereocenters. The Bertz CT molecular complexity index is 648. The zero-order valence-electron chi connectivity index (χ0n) is 11.7. The average Bonchev–Trinajstić information content (AvgIpc) is 2.84. The maximum Gasteiger partial charge on any atom is 0.159 e. The number of Topliss-reactive ketones (excluding diaryl/α,β-unsaturated/α-hetero) is 1. The topological polar surface area (TPSA) is 59.2 Å². The Hall–Kier alpha value is -2.17. The molecule has 20 heavy (non-hydrogen) atoms. The average molecular weight is 271 g/mol. The van der Waals surface area contributed by atoms with Crippen LogP contribution in [0.2, 0.25) is 0 Å². The molecule has 0 saturated carbocycles. The number of hydrogen-bond donors (Lipinski definition) is 0. The second-order valence-corrected chi connectivity index (χ2v) is 5.22. The van der Waals surface area contributed by atoms with Gasteiger partial charge in [0, 0.05) is 17.8 Å². The molecule has 0 bridgehead atoms. The van der Waals surface area contributed by atoms with E-state index in [9.17, 15) is 4.79 Å². The molecule has 0 N–H and O–H groups in total. The lowest BCUT2D eigenvalue weighted by Crippen LogP contribution is -2.29. The van der Waals surface area contributed by atoms with Gasteiger partial charge in [-0.25, -0.2) is 4.63 Å². The van der Waals surface area contributed by atoms with E-state index < -0.39 is 0 Å². The third-order valence-corrected chi connectivity index (χ3v) is 3.79. The van der Waals surface area contributed by atoms with Crippen molar-refractivity contribution >= 4 is 11.5 Å². The molecule has 2 aromatic rings. The first-order valence-electron chi connectivity index (χ1n) is 6.82. The van der Waals surface area contributed by atoms with E-state index in [1.54, 1.807) is 6.92 Å². The van der Waals surface area contributed by atoms with Gasteiger partial charge in [-0.2, -0.15) is 0 Å². The predicted octanol–water partition coefficient (Wildman–Crippen LogP) is 2.53. The summed E-state index contributed by atoms with van der Waals surface area (Å²) in [6, 6.07) is 5.94. The van der Waals surface area contributed by atoms with Gasteiger partial charge in [0.25, 0.3) is 0 Å². The first kappa shape index (κ1) is 12.8. The zero-order valence-corrected chi connectivity index (χ0v) is 11.7. The summed E-state index contributed by atoms with van der Waals surface area (Å²) in [6.45, 7) is 5.18. The van der Waals surface area contributed by atoms with Gasteiger partial charge in [0.1, 0.15) is 11.4 Å². The van der Waals surface area contributed by atoms with E-state index in [-0.39, 0.29) is 5.78 Å². The van der Waals surface area contributed by atoms with E-state index in [2.05, 4.69) is 15.2 Å². The minimum absolute atomic E-state index is 0.112. The van der Waals surface area contributed by atoms with Crippen molar-refractivity contribution in [2.75, 3.05) is 11.4 Å². The third-order valence-electron chi connectivity index (χ3n) is 3.79. The van der Waals surface area contributed by atoms with Crippen molar-refractivity contribution in [3.8, 4) is 0 Å². The van der Waals surface area contributed by atoms with Crippen LogP contribution < -0.4 is 4.90 Å². The summed E-state index contributed by atoms with van der Waals surface area (Å²) in [5, 5.41) is 7.76. The van der Waals surface area contributed by atoms with Crippen LogP contribution in [0.25, 0.3) is 0 Å². The van der Waals surface area contributed by atoms with E-state index in [4.69, 9.17) is 4.63 Å². The standard InChI is InChI=1S/C15H17N3O2/c1-10-14(17-20-16-10)9-18-7-3-4-13-8-12(11(2)19)5-6-15(13)18/h5-6,8H,3-4,7,9H2,1-2H3. The van der Waals surface area contributed by atoms with Gasteiger partial charge >= 0.3 is 0 Å². The number of hydrogen-bond acceptors (Lipinski definition) is 5. The number of ketones is 1. The van der Waals surface area contributed by atoms with Crippen LogP contribution in [0.5, 0.6) is 0 Å². The molecule has 0 saturated heterocycles. The molecular weight excluding hydrogens is 254 g/mol. The van der Waals surface area contributed by atoms with Gasteiger partial charge in [-0.3, -0.25) is 4.79 Å². The highest BCUT2D eigenvalue weighted by molar-refractivity contribution is 5.94. The first-order chi connectivity index (χ1) is 9.65. The second kappa shape index (κ2) is 5.07. The van der Waals surface area contributed by atoms with Gasteiger partial charge in [-0.15, -0.1) is 0 Å². The number of benzene rings is 1. The van der Waals surface area contributed by atoms with Gasteiger partial charge in [-0.1, -0.05) is 10.3 Å². The predicted molar refractivity (Wildman–Crippen MR) is 74.9 cm³/mol. The van der Waals surface area contributed by atoms with Crippen LogP contribution in [0.3, 0.4) is 0 Å². The molecule has 0 aliphatic carbocycles. The van der Waals surface area contributed by atoms with Gasteiger partial charge in [0.2, 0.25) is 0 Å². The van der Waals surface area contributed by atoms with Crippen molar-refractivity contribution in [1.29, 1.82) is 0 Å². The van der Waals surface area contributed by atoms with Crippen molar-refractivity contribution in [2.45, 2.75) is 33.2 Å². The molecule has 1 aliphatic rings. The molecule has 0 spiro atoms. The summed E-state index contributed by atoms with van der Waals surface area (Å²) >= 11 is 0. The lowest BCUT2D eigenvalue weighted by atomic mass is 9.98. The molecular formula is C15H17N3O2. The first-order valence-corrected chi connectivity index (χ1v) is 6.82. The smallest absolute Gasteiger partial charge is 0.159 e. The fourth-order valence-electron chi connectivity index (χ4n) is 2.63. The highest BCUT2D eigenvalue weighted by atomic mass is 16.6. The fourth-order valence-corrected chi connectivity index (χ4v) is 2.63. The van der Waals surface area contributed by atoms with Gasteiger partial charge in [-0.05, 0) is 50.5 Å². The molecule has 3 rings (SSSR count). The van der Waals surface area contributed by atoms with Crippen molar-refractivity contribution in [2.24, 2.45) is 0 Å². The van der Waals surface area contributed by atoms with E-state index in [1.165, 1.54) is 11.3 Å². The fraction of sp³-hybridized carbons (Fsp3) is 0.400. The number of anilines is 1. The third kappa shape index (κ3) is 2.31. The maximum atomic E-state index is 11.5. The van der Waals surface area contributed by atoms with Gasteiger partial charge < -0.3 is 4.90 Å².